The van der Waals surface area contributed by atoms with Gasteiger partial charge in [-0.1, -0.05) is 0 Å². The van der Waals surface area contributed by atoms with E-state index >= 15 is 0 Å². The number of carbonyl (C=O) groups is 2. The number of benzene rings is 1. The number of nitrogens with one attached hydrogen (secondary N) is 1. The van der Waals surface area contributed by atoms with Crippen molar-refractivity contribution in [3.8, 4) is 0 Å². The van der Waals surface area contributed by atoms with Crippen LogP contribution in [0.25, 0.3) is 0 Å². The van der Waals surface area contributed by atoms with Gasteiger partial charge in [-0.15, -0.1) is 0 Å². The van der Waals surface area contributed by atoms with Crippen LogP contribution in [0.15, 0.2) is 30.5 Å². The number of hydrogen-bond donors (Lipinski definition) is 1. The first-order chi connectivity index (χ1) is 12.2. The van der Waals surface area contributed by atoms with Crippen LogP contribution in [-0.4, -0.2) is 52.9 Å². The summed E-state index contributed by atoms with van der Waals surface area (Å²) in [7, 11) is 0. The quantitative estimate of drug-likeness (QED) is 0.910. The van der Waals surface area contributed by atoms with Crippen molar-refractivity contribution in [2.45, 2.75) is 12.8 Å². The molecule has 128 valence electrons. The predicted octanol–water partition coefficient (Wildman–Crippen LogP) is 1.36. The molecule has 0 bridgehead atoms. The molecule has 0 atom stereocenters. The molecule has 25 heavy (non-hydrogen) atoms. The van der Waals surface area contributed by atoms with Gasteiger partial charge in [0.2, 0.25) is 5.95 Å². The molecule has 1 aliphatic carbocycles. The molecular weight excluding hydrogens is 320 g/mol. The molecule has 0 saturated carbocycles. The summed E-state index contributed by atoms with van der Waals surface area (Å²) in [6.07, 6.45) is 2.50. The molecule has 1 aromatic carbocycles. The van der Waals surface area contributed by atoms with E-state index in [2.05, 4.69) is 15.3 Å². The van der Waals surface area contributed by atoms with E-state index in [0.717, 1.165) is 16.9 Å². The maximum absolute atomic E-state index is 12.4. The molecule has 7 nitrogen and oxygen atoms in total. The fraction of sp³-hybridized carbons (Fsp3) is 0.333. The van der Waals surface area contributed by atoms with E-state index in [0.29, 0.717) is 50.7 Å². The topological polar surface area (TPSA) is 84.4 Å². The van der Waals surface area contributed by atoms with E-state index in [4.69, 9.17) is 4.74 Å². The molecule has 2 aromatic rings. The molecule has 7 heteroatoms. The molecule has 1 saturated heterocycles. The fourth-order valence-corrected chi connectivity index (χ4v) is 3.04. The zero-order chi connectivity index (χ0) is 17.2. The van der Waals surface area contributed by atoms with Crippen molar-refractivity contribution in [1.29, 1.82) is 0 Å². The van der Waals surface area contributed by atoms with Crippen molar-refractivity contribution in [2.75, 3.05) is 31.6 Å². The third kappa shape index (κ3) is 3.36. The van der Waals surface area contributed by atoms with E-state index in [1.807, 2.05) is 12.1 Å². The Morgan fingerprint density at radius 2 is 1.88 bits per heavy atom. The van der Waals surface area contributed by atoms with Crippen LogP contribution in [0.1, 0.15) is 21.6 Å². The highest BCUT2D eigenvalue weighted by atomic mass is 16.5. The fourth-order valence-electron chi connectivity index (χ4n) is 3.04. The second-order valence-electron chi connectivity index (χ2n) is 6.16. The van der Waals surface area contributed by atoms with E-state index in [1.54, 1.807) is 23.2 Å². The summed E-state index contributed by atoms with van der Waals surface area (Å²) < 4.78 is 5.27. The summed E-state index contributed by atoms with van der Waals surface area (Å²) in [6, 6.07) is 7.24. The lowest BCUT2D eigenvalue weighted by atomic mass is 10.1. The number of anilines is 2. The van der Waals surface area contributed by atoms with Gasteiger partial charge >= 0.3 is 0 Å². The Balaban J connectivity index is 1.45. The summed E-state index contributed by atoms with van der Waals surface area (Å²) in [4.78, 5) is 34.3. The first kappa shape index (κ1) is 15.7. The molecule has 1 aliphatic heterocycles. The van der Waals surface area contributed by atoms with E-state index in [9.17, 15) is 9.59 Å². The van der Waals surface area contributed by atoms with Crippen molar-refractivity contribution in [2.24, 2.45) is 0 Å². The number of amides is 1. The van der Waals surface area contributed by atoms with Crippen LogP contribution < -0.4 is 5.32 Å². The van der Waals surface area contributed by atoms with Crippen molar-refractivity contribution in [3.05, 3.63) is 47.3 Å². The number of Topliss-reactive ketones (excluding diaryl/α,β-unsaturated/α-hetero) is 1. The zero-order valence-corrected chi connectivity index (χ0v) is 13.7. The highest BCUT2D eigenvalue weighted by molar-refractivity contribution is 5.94. The van der Waals surface area contributed by atoms with Gasteiger partial charge in [0.05, 0.1) is 18.9 Å². The maximum atomic E-state index is 12.4. The molecule has 2 heterocycles. The largest absolute Gasteiger partial charge is 0.378 e. The molecule has 1 N–H and O–H groups in total. The van der Waals surface area contributed by atoms with Gasteiger partial charge < -0.3 is 15.0 Å². The number of hydrogen-bond acceptors (Lipinski definition) is 6. The predicted molar refractivity (Wildman–Crippen MR) is 90.9 cm³/mol. The van der Waals surface area contributed by atoms with Crippen molar-refractivity contribution in [3.63, 3.8) is 0 Å². The monoisotopic (exact) mass is 338 g/mol. The Kier molecular flexibility index (Phi) is 4.15. The first-order valence-electron chi connectivity index (χ1n) is 8.29. The Morgan fingerprint density at radius 1 is 1.12 bits per heavy atom. The molecule has 0 radical (unpaired) electrons. The third-order valence-corrected chi connectivity index (χ3v) is 4.39. The minimum atomic E-state index is 0.0159. The third-order valence-electron chi connectivity index (χ3n) is 4.39. The van der Waals surface area contributed by atoms with Gasteiger partial charge in [-0.25, -0.2) is 9.97 Å². The Labute approximate surface area is 145 Å². The van der Waals surface area contributed by atoms with Crippen molar-refractivity contribution >= 4 is 23.3 Å². The molecule has 2 aliphatic rings. The summed E-state index contributed by atoms with van der Waals surface area (Å²) in [6.45, 7) is 2.42. The Hall–Kier alpha value is -2.80. The molecule has 0 spiro atoms. The van der Waals surface area contributed by atoms with Crippen LogP contribution in [0.2, 0.25) is 0 Å². The number of nitrogens with zero attached hydrogens (tertiary/aromatic N) is 3. The number of carbonyl (C=O) groups excluding carboxylic acids is 2. The number of rotatable bonds is 3. The minimum absolute atomic E-state index is 0.0159. The van der Waals surface area contributed by atoms with Gasteiger partial charge in [0.25, 0.3) is 5.91 Å². The van der Waals surface area contributed by atoms with E-state index in [1.165, 1.54) is 0 Å². The minimum Gasteiger partial charge on any atom is -0.378 e. The summed E-state index contributed by atoms with van der Waals surface area (Å²) >= 11 is 0. The van der Waals surface area contributed by atoms with E-state index < -0.39 is 0 Å². The lowest BCUT2D eigenvalue weighted by Crippen LogP contribution is -2.40. The summed E-state index contributed by atoms with van der Waals surface area (Å²) in [5, 5.41) is 3.12. The van der Waals surface area contributed by atoms with Gasteiger partial charge in [0, 0.05) is 43.4 Å². The number of ketones is 1. The van der Waals surface area contributed by atoms with Crippen molar-refractivity contribution < 1.29 is 14.3 Å². The summed E-state index contributed by atoms with van der Waals surface area (Å²) in [5.74, 6) is 0.648. The molecule has 1 fully saturated rings. The number of ether oxygens (including phenoxy) is 1. The first-order valence-corrected chi connectivity index (χ1v) is 8.29. The summed E-state index contributed by atoms with van der Waals surface area (Å²) in [5.41, 5.74) is 3.14. The van der Waals surface area contributed by atoms with Crippen LogP contribution in [-0.2, 0) is 22.4 Å². The van der Waals surface area contributed by atoms with Crippen LogP contribution in [0.3, 0.4) is 0 Å². The molecular formula is C18H18N4O3. The van der Waals surface area contributed by atoms with Gasteiger partial charge in [-0.2, -0.15) is 0 Å². The van der Waals surface area contributed by atoms with Gasteiger partial charge in [-0.3, -0.25) is 9.59 Å². The van der Waals surface area contributed by atoms with Crippen LogP contribution in [0.5, 0.6) is 0 Å². The number of morpholine rings is 1. The molecule has 0 unspecified atom stereocenters. The smallest absolute Gasteiger partial charge is 0.254 e. The molecule has 4 rings (SSSR count). The zero-order valence-electron chi connectivity index (χ0n) is 13.7. The van der Waals surface area contributed by atoms with Gasteiger partial charge in [0.15, 0.2) is 0 Å². The highest BCUT2D eigenvalue weighted by Crippen LogP contribution is 2.20. The molecule has 1 aromatic heterocycles. The second-order valence-corrected chi connectivity index (χ2v) is 6.16. The standard InChI is InChI=1S/C18H18N4O3/c23-15-9-13-11-19-18(21-16(13)10-15)20-14-3-1-12(2-4-14)17(24)22-5-7-25-8-6-22/h1-4,11H,5-10H2,(H,19,20,21). The lowest BCUT2D eigenvalue weighted by molar-refractivity contribution is -0.117. The van der Waals surface area contributed by atoms with Crippen LogP contribution >= 0.6 is 0 Å². The average Bonchev–Trinajstić information content (AvgIpc) is 3.02. The van der Waals surface area contributed by atoms with Crippen molar-refractivity contribution in [1.82, 2.24) is 14.9 Å². The number of aromatic nitrogens is 2. The Bertz CT molecular complexity index is 814. The van der Waals surface area contributed by atoms with Gasteiger partial charge in [0.1, 0.15) is 5.78 Å². The maximum Gasteiger partial charge on any atom is 0.254 e. The average molecular weight is 338 g/mol. The molecule has 1 amide bonds. The SMILES string of the molecule is O=C1Cc2cnc(Nc3ccc(C(=O)N4CCOCC4)cc3)nc2C1. The van der Waals surface area contributed by atoms with Crippen LogP contribution in [0, 0.1) is 0 Å². The lowest BCUT2D eigenvalue weighted by Gasteiger charge is -2.26. The highest BCUT2D eigenvalue weighted by Gasteiger charge is 2.21. The van der Waals surface area contributed by atoms with Gasteiger partial charge in [-0.05, 0) is 29.8 Å². The van der Waals surface area contributed by atoms with Crippen LogP contribution in [0.4, 0.5) is 11.6 Å². The van der Waals surface area contributed by atoms with E-state index in [-0.39, 0.29) is 11.7 Å². The number of fused-ring (bicyclic) bond motifs is 1. The second kappa shape index (κ2) is 6.60. The Morgan fingerprint density at radius 3 is 2.64 bits per heavy atom. The normalized spacial score (nSPS) is 16.6.